The van der Waals surface area contributed by atoms with Gasteiger partial charge in [0.2, 0.25) is 0 Å². The number of hydrogen-bond donors (Lipinski definition) is 8. The SMILES string of the molecule is CCOc1ccc([C@@H]2CSc3ccc(C(OC(CO)C(C)O)C(O)O)cc32)cc1.COc1ccc(C2Cc3cc(C(OC(CO)C(C)O)C(O)O)ccc3S2)cc1. The van der Waals surface area contributed by atoms with E-state index in [-0.39, 0.29) is 11.2 Å². The summed E-state index contributed by atoms with van der Waals surface area (Å²) in [4.78, 5) is 2.29. The first kappa shape index (κ1) is 44.9. The number of methoxy groups -OCH3 is 1. The first-order valence-electron chi connectivity index (χ1n) is 18.9. The van der Waals surface area contributed by atoms with Gasteiger partial charge < -0.3 is 59.8 Å². The Balaban J connectivity index is 0.000000218. The van der Waals surface area contributed by atoms with E-state index in [0.29, 0.717) is 17.7 Å². The summed E-state index contributed by atoms with van der Waals surface area (Å²) < 4.78 is 21.9. The number of aliphatic hydroxyl groups excluding tert-OH is 6. The van der Waals surface area contributed by atoms with Gasteiger partial charge in [0.25, 0.3) is 0 Å². The lowest BCUT2D eigenvalue weighted by Gasteiger charge is -2.27. The van der Waals surface area contributed by atoms with Gasteiger partial charge >= 0.3 is 0 Å². The Bertz CT molecular complexity index is 1840. The van der Waals surface area contributed by atoms with E-state index in [2.05, 4.69) is 24.3 Å². The topological polar surface area (TPSA) is 199 Å². The maximum absolute atomic E-state index is 9.85. The molecule has 12 nitrogen and oxygen atoms in total. The average Bonchev–Trinajstić information content (AvgIpc) is 3.83. The molecule has 0 saturated carbocycles. The minimum Gasteiger partial charge on any atom is -0.497 e. The first-order valence-corrected chi connectivity index (χ1v) is 20.8. The van der Waals surface area contributed by atoms with Gasteiger partial charge in [-0.15, -0.1) is 23.5 Å². The van der Waals surface area contributed by atoms with Crippen molar-refractivity contribution >= 4 is 23.5 Å². The van der Waals surface area contributed by atoms with Crippen molar-refractivity contribution < 1.29 is 59.8 Å². The monoisotopic (exact) mass is 826 g/mol. The van der Waals surface area contributed by atoms with Crippen LogP contribution in [-0.4, -0.2) is 111 Å². The quantitative estimate of drug-likeness (QED) is 0.0686. The van der Waals surface area contributed by atoms with Crippen LogP contribution in [0.2, 0.25) is 0 Å². The second-order valence-electron chi connectivity index (χ2n) is 14.0. The van der Waals surface area contributed by atoms with E-state index in [1.165, 1.54) is 19.4 Å². The Morgan fingerprint density at radius 3 is 1.70 bits per heavy atom. The van der Waals surface area contributed by atoms with Crippen molar-refractivity contribution in [2.24, 2.45) is 0 Å². The molecule has 4 aromatic rings. The van der Waals surface area contributed by atoms with Crippen molar-refractivity contribution in [2.75, 3.05) is 32.7 Å². The Kier molecular flexibility index (Phi) is 16.7. The molecule has 7 unspecified atom stereocenters. The molecule has 0 saturated heterocycles. The molecular formula is C43H54O12S2. The second-order valence-corrected chi connectivity index (χ2v) is 16.3. The Hall–Kier alpha value is -3.22. The van der Waals surface area contributed by atoms with E-state index in [0.717, 1.165) is 50.2 Å². The summed E-state index contributed by atoms with van der Waals surface area (Å²) in [5, 5.41) is 77.7. The van der Waals surface area contributed by atoms with Gasteiger partial charge in [0.15, 0.2) is 12.6 Å². The van der Waals surface area contributed by atoms with Crippen LogP contribution in [0.15, 0.2) is 94.7 Å². The third-order valence-corrected chi connectivity index (χ3v) is 12.5. The summed E-state index contributed by atoms with van der Waals surface area (Å²) in [6.07, 6.45) is -8.54. The number of benzene rings is 4. The maximum atomic E-state index is 9.85. The molecular weight excluding hydrogens is 773 g/mol. The lowest BCUT2D eigenvalue weighted by Crippen LogP contribution is -2.35. The van der Waals surface area contributed by atoms with Crippen LogP contribution in [-0.2, 0) is 15.9 Å². The standard InChI is InChI=1S/C22H28O6S.C21H26O6S/c1-3-27-16-7-4-14(5-8-16)18-12-29-20-9-6-15(10-17(18)20)21(22(25)26)28-19(11-23)13(2)24;1-12(23)17(11-22)27-20(21(24)25)14-5-8-18-15(9-14)10-19(28-18)13-3-6-16(26-2)7-4-13/h4-10,13,18-19,21-26H,3,11-12H2,1-2H3;3-9,12,17,19-25H,10-11H2,1-2H3/t13?,18-,19?,21?;/m0./s1. The predicted molar refractivity (Wildman–Crippen MR) is 218 cm³/mol. The summed E-state index contributed by atoms with van der Waals surface area (Å²) >= 11 is 3.53. The summed E-state index contributed by atoms with van der Waals surface area (Å²) in [5.41, 5.74) is 5.77. The van der Waals surface area contributed by atoms with Gasteiger partial charge in [0.05, 0.1) is 39.1 Å². The molecule has 0 aromatic heterocycles. The van der Waals surface area contributed by atoms with Crippen LogP contribution in [0.1, 0.15) is 77.5 Å². The van der Waals surface area contributed by atoms with Crippen LogP contribution >= 0.6 is 23.5 Å². The zero-order chi connectivity index (χ0) is 41.2. The smallest absolute Gasteiger partial charge is 0.182 e. The number of thioether (sulfide) groups is 2. The molecule has 6 rings (SSSR count). The predicted octanol–water partition coefficient (Wildman–Crippen LogP) is 4.63. The molecule has 0 bridgehead atoms. The number of aliphatic hydroxyl groups is 8. The van der Waals surface area contributed by atoms with E-state index < -0.39 is 62.4 Å². The first-order chi connectivity index (χ1) is 27.4. The number of ether oxygens (including phenoxy) is 4. The zero-order valence-corrected chi connectivity index (χ0v) is 34.1. The summed E-state index contributed by atoms with van der Waals surface area (Å²) in [5.74, 6) is 2.72. The van der Waals surface area contributed by atoms with E-state index in [4.69, 9.17) is 18.9 Å². The molecule has 0 fully saturated rings. The largest absolute Gasteiger partial charge is 0.497 e. The van der Waals surface area contributed by atoms with Gasteiger partial charge in [-0.25, -0.2) is 0 Å². The lowest BCUT2D eigenvalue weighted by molar-refractivity contribution is -0.188. The summed E-state index contributed by atoms with van der Waals surface area (Å²) in [6, 6.07) is 27.4. The molecule has 57 heavy (non-hydrogen) atoms. The van der Waals surface area contributed by atoms with Crippen LogP contribution in [0.3, 0.4) is 0 Å². The van der Waals surface area contributed by atoms with Crippen molar-refractivity contribution in [3.05, 3.63) is 118 Å². The molecule has 4 aromatic carbocycles. The molecule has 2 aliphatic heterocycles. The molecule has 2 aliphatic rings. The fourth-order valence-corrected chi connectivity index (χ4v) is 9.29. The highest BCUT2D eigenvalue weighted by molar-refractivity contribution is 8.00. The Morgan fingerprint density at radius 1 is 0.667 bits per heavy atom. The van der Waals surface area contributed by atoms with E-state index >= 15 is 0 Å². The number of rotatable bonds is 17. The highest BCUT2D eigenvalue weighted by atomic mass is 32.2. The van der Waals surface area contributed by atoms with E-state index in [1.807, 2.05) is 55.5 Å². The summed E-state index contributed by atoms with van der Waals surface area (Å²) in [6.45, 7) is 4.71. The number of fused-ring (bicyclic) bond motifs is 2. The van der Waals surface area contributed by atoms with E-state index in [9.17, 15) is 40.9 Å². The highest BCUT2D eigenvalue weighted by Gasteiger charge is 2.32. The van der Waals surface area contributed by atoms with Gasteiger partial charge in [-0.1, -0.05) is 48.5 Å². The third-order valence-electron chi connectivity index (χ3n) is 9.93. The molecule has 2 heterocycles. The Labute approximate surface area is 342 Å². The Morgan fingerprint density at radius 2 is 1.19 bits per heavy atom. The van der Waals surface area contributed by atoms with Crippen molar-refractivity contribution in [1.29, 1.82) is 0 Å². The van der Waals surface area contributed by atoms with Crippen molar-refractivity contribution in [1.82, 2.24) is 0 Å². The van der Waals surface area contributed by atoms with Crippen molar-refractivity contribution in [3.63, 3.8) is 0 Å². The van der Waals surface area contributed by atoms with Gasteiger partial charge in [0, 0.05) is 26.7 Å². The molecule has 8 N–H and O–H groups in total. The summed E-state index contributed by atoms with van der Waals surface area (Å²) in [7, 11) is 1.64. The molecule has 14 heteroatoms. The number of hydrogen-bond acceptors (Lipinski definition) is 14. The molecule has 0 radical (unpaired) electrons. The van der Waals surface area contributed by atoms with Gasteiger partial charge in [0.1, 0.15) is 35.9 Å². The van der Waals surface area contributed by atoms with Crippen LogP contribution < -0.4 is 9.47 Å². The minimum absolute atomic E-state index is 0.174. The van der Waals surface area contributed by atoms with Crippen LogP contribution in [0.5, 0.6) is 11.5 Å². The fourth-order valence-electron chi connectivity index (χ4n) is 6.74. The minimum atomic E-state index is -1.78. The normalized spacial score (nSPS) is 19.2. The average molecular weight is 827 g/mol. The highest BCUT2D eigenvalue weighted by Crippen LogP contribution is 2.48. The van der Waals surface area contributed by atoms with Crippen LogP contribution in [0.25, 0.3) is 0 Å². The van der Waals surface area contributed by atoms with Crippen molar-refractivity contribution in [2.45, 2.75) is 97.4 Å². The molecule has 8 atom stereocenters. The zero-order valence-electron chi connectivity index (χ0n) is 32.4. The van der Waals surface area contributed by atoms with Crippen molar-refractivity contribution in [3.8, 4) is 11.5 Å². The third kappa shape index (κ3) is 11.5. The van der Waals surface area contributed by atoms with Gasteiger partial charge in [-0.3, -0.25) is 0 Å². The van der Waals surface area contributed by atoms with Crippen LogP contribution in [0, 0.1) is 0 Å². The van der Waals surface area contributed by atoms with Gasteiger partial charge in [-0.2, -0.15) is 0 Å². The maximum Gasteiger partial charge on any atom is 0.182 e. The molecule has 0 aliphatic carbocycles. The second kappa shape index (κ2) is 21.2. The molecule has 0 spiro atoms. The van der Waals surface area contributed by atoms with Crippen LogP contribution in [0.4, 0.5) is 0 Å². The molecule has 310 valence electrons. The lowest BCUT2D eigenvalue weighted by atomic mass is 9.91. The van der Waals surface area contributed by atoms with Gasteiger partial charge in [-0.05, 0) is 97.0 Å². The van der Waals surface area contributed by atoms with E-state index in [1.54, 1.807) is 42.8 Å². The molecule has 0 amide bonds. The fraction of sp³-hybridized carbons (Fsp3) is 0.442.